The Morgan fingerprint density at radius 2 is 1.09 bits per heavy atom. The topological polar surface area (TPSA) is 139 Å². The molecule has 6 atom stereocenters. The molecular weight excluding hydrogens is 1040 g/mol. The molecule has 10 rings (SSSR count). The summed E-state index contributed by atoms with van der Waals surface area (Å²) < 4.78 is 43.9. The molecule has 6 aliphatic heterocycles. The predicted octanol–water partition coefficient (Wildman–Crippen LogP) is 7.92. The molecule has 4 saturated heterocycles. The van der Waals surface area contributed by atoms with Crippen LogP contribution in [0.3, 0.4) is 0 Å². The van der Waals surface area contributed by atoms with Crippen LogP contribution < -0.4 is 15.1 Å². The maximum atomic E-state index is 14.2. The molecule has 0 unspecified atom stereocenters. The lowest BCUT2D eigenvalue weighted by molar-refractivity contribution is -0.122. The van der Waals surface area contributed by atoms with Gasteiger partial charge in [0.1, 0.15) is 17.2 Å². The van der Waals surface area contributed by atoms with Crippen LogP contribution >= 0.6 is 0 Å². The Balaban J connectivity index is 0.000000215. The lowest BCUT2D eigenvalue weighted by Gasteiger charge is -2.47. The SMILES string of the molecule is C.C[C@@H]1CN(CC(=O)N2CC(C)(C)c3ncc(Cc4ccc(F)cc4)cc32)[C@@H](CN2CCOC[C@H]2C)CN1.C[C@@H]1COCCN1C[C@H]1CN(C(=O)OC(C)(C)C)[C@H](C)CN1CC(=O)N1CC(C)(C)c2ncc(Cc3ccc(F)cc3)cc21. The van der Waals surface area contributed by atoms with Crippen molar-refractivity contribution in [3.8, 4) is 0 Å². The van der Waals surface area contributed by atoms with E-state index in [4.69, 9.17) is 24.2 Å². The zero-order valence-corrected chi connectivity index (χ0v) is 49.9. The van der Waals surface area contributed by atoms with E-state index in [9.17, 15) is 23.2 Å². The first-order valence-electron chi connectivity index (χ1n) is 29.3. The van der Waals surface area contributed by atoms with E-state index in [1.807, 2.05) is 54.8 Å². The molecule has 0 radical (unpaired) electrons. The van der Waals surface area contributed by atoms with Gasteiger partial charge in [-0.1, -0.05) is 59.4 Å². The van der Waals surface area contributed by atoms with E-state index >= 15 is 0 Å². The highest BCUT2D eigenvalue weighted by Gasteiger charge is 2.44. The smallest absolute Gasteiger partial charge is 0.410 e. The van der Waals surface area contributed by atoms with Crippen molar-refractivity contribution >= 4 is 29.3 Å². The largest absolute Gasteiger partial charge is 0.444 e. The van der Waals surface area contributed by atoms with Gasteiger partial charge in [-0.15, -0.1) is 0 Å². The van der Waals surface area contributed by atoms with E-state index in [0.717, 1.165) is 97.5 Å². The number of amides is 3. The Kier molecular flexibility index (Phi) is 20.0. The lowest BCUT2D eigenvalue weighted by atomic mass is 9.91. The molecule has 18 heteroatoms. The van der Waals surface area contributed by atoms with Gasteiger partial charge in [0, 0.05) is 125 Å². The standard InChI is InChI=1S/C34H48FN5O4.C29H40FN5O2.CH4/c1-23-17-38(28(18-37-12-13-43-21-24(37)2)19-39(23)32(42)44-33(3,4)5)20-30(41)40-22-34(6,7)31-29(40)15-26(16-36-31)14-25-8-10-27(35)11-9-25;1-20-15-34(25(14-31-20)16-33-9-10-37-18-21(33)2)17-27(36)35-19-29(3,4)28-26(35)12-23(13-32-28)11-22-5-7-24(30)8-6-22;/h8-11,15-16,23-24,28H,12-14,17-22H2,1-7H3;5-8,12-13,20-21,25,31H,9-11,14-19H2,1-4H3;1H4/t23-,24-,28+;20-,21-,25-;/m11./s1. The van der Waals surface area contributed by atoms with Crippen LogP contribution in [0.2, 0.25) is 0 Å². The van der Waals surface area contributed by atoms with Crippen LogP contribution in [0.25, 0.3) is 0 Å². The molecule has 16 nitrogen and oxygen atoms in total. The maximum absolute atomic E-state index is 14.2. The van der Waals surface area contributed by atoms with Crippen molar-refractivity contribution < 1.29 is 37.4 Å². The molecule has 448 valence electrons. The Morgan fingerprint density at radius 3 is 1.54 bits per heavy atom. The third-order valence-corrected chi connectivity index (χ3v) is 17.0. The fourth-order valence-corrected chi connectivity index (χ4v) is 12.5. The summed E-state index contributed by atoms with van der Waals surface area (Å²) in [5.41, 5.74) is 6.57. The third kappa shape index (κ3) is 15.3. The first-order valence-corrected chi connectivity index (χ1v) is 29.3. The quantitative estimate of drug-likeness (QED) is 0.147. The molecule has 6 aliphatic rings. The Bertz CT molecular complexity index is 2830. The average Bonchev–Trinajstić information content (AvgIpc) is 3.96. The normalized spacial score (nSPS) is 24.9. The number of halogens is 2. The van der Waals surface area contributed by atoms with Gasteiger partial charge in [-0.25, -0.2) is 13.6 Å². The van der Waals surface area contributed by atoms with Gasteiger partial charge in [0.25, 0.3) is 0 Å². The van der Waals surface area contributed by atoms with Gasteiger partial charge in [-0.3, -0.25) is 39.2 Å². The van der Waals surface area contributed by atoms with E-state index in [-0.39, 0.29) is 78.5 Å². The summed E-state index contributed by atoms with van der Waals surface area (Å²) in [6.45, 7) is 33.7. The molecule has 0 aliphatic carbocycles. The number of rotatable bonds is 12. The fourth-order valence-electron chi connectivity index (χ4n) is 12.5. The number of piperazine rings is 2. The van der Waals surface area contributed by atoms with E-state index in [0.29, 0.717) is 70.9 Å². The third-order valence-electron chi connectivity index (χ3n) is 17.0. The first kappa shape index (κ1) is 62.6. The van der Waals surface area contributed by atoms with Crippen LogP contribution in [0.5, 0.6) is 0 Å². The summed E-state index contributed by atoms with van der Waals surface area (Å²) in [6.07, 6.45) is 4.71. The van der Waals surface area contributed by atoms with Crippen LogP contribution in [0.15, 0.2) is 73.1 Å². The van der Waals surface area contributed by atoms with E-state index in [1.165, 1.54) is 24.3 Å². The molecule has 2 aromatic heterocycles. The second-order valence-corrected chi connectivity index (χ2v) is 26.1. The van der Waals surface area contributed by atoms with Gasteiger partial charge in [-0.05, 0) is 120 Å². The van der Waals surface area contributed by atoms with Crippen LogP contribution in [-0.2, 0) is 47.5 Å². The number of carbonyl (C=O) groups excluding carboxylic acids is 3. The first-order chi connectivity index (χ1) is 38.4. The van der Waals surface area contributed by atoms with Gasteiger partial charge in [-0.2, -0.15) is 0 Å². The number of hydrogen-bond acceptors (Lipinski definition) is 13. The van der Waals surface area contributed by atoms with Gasteiger partial charge < -0.3 is 34.2 Å². The van der Waals surface area contributed by atoms with Gasteiger partial charge in [0.05, 0.1) is 62.3 Å². The molecule has 0 saturated carbocycles. The van der Waals surface area contributed by atoms with E-state index < -0.39 is 5.60 Å². The summed E-state index contributed by atoms with van der Waals surface area (Å²) in [7, 11) is 0. The van der Waals surface area contributed by atoms with Crippen molar-refractivity contribution in [3.05, 3.63) is 118 Å². The van der Waals surface area contributed by atoms with Gasteiger partial charge in [0.15, 0.2) is 0 Å². The van der Waals surface area contributed by atoms with Crippen molar-refractivity contribution in [1.29, 1.82) is 0 Å². The zero-order valence-electron chi connectivity index (χ0n) is 49.9. The number of hydrogen-bond donors (Lipinski definition) is 1. The number of ether oxygens (including phenoxy) is 3. The second kappa shape index (κ2) is 26.2. The molecule has 4 aromatic rings. The van der Waals surface area contributed by atoms with Crippen LogP contribution in [0.4, 0.5) is 25.0 Å². The monoisotopic (exact) mass is 1130 g/mol. The number of nitrogens with one attached hydrogen (secondary N) is 1. The Labute approximate surface area is 486 Å². The maximum Gasteiger partial charge on any atom is 0.410 e. The van der Waals surface area contributed by atoms with Crippen molar-refractivity contribution in [3.63, 3.8) is 0 Å². The molecule has 1 N–H and O–H groups in total. The molecule has 3 amide bonds. The van der Waals surface area contributed by atoms with Crippen LogP contribution in [0, 0.1) is 11.6 Å². The summed E-state index contributed by atoms with van der Waals surface area (Å²) >= 11 is 0. The summed E-state index contributed by atoms with van der Waals surface area (Å²) in [4.78, 5) is 66.0. The van der Waals surface area contributed by atoms with Gasteiger partial charge in [0.2, 0.25) is 11.8 Å². The van der Waals surface area contributed by atoms with Crippen LogP contribution in [-0.4, -0.2) is 199 Å². The molecule has 4 fully saturated rings. The molecule has 0 bridgehead atoms. The minimum absolute atomic E-state index is 0. The van der Waals surface area contributed by atoms with Crippen molar-refractivity contribution in [2.24, 2.45) is 0 Å². The number of pyridine rings is 2. The molecular formula is C64H92F2N10O6. The van der Waals surface area contributed by atoms with Crippen LogP contribution in [0.1, 0.15) is 117 Å². The minimum atomic E-state index is -0.586. The zero-order chi connectivity index (χ0) is 58.0. The predicted molar refractivity (Wildman–Crippen MR) is 319 cm³/mol. The van der Waals surface area contributed by atoms with Crippen molar-refractivity contribution in [2.45, 2.75) is 149 Å². The highest BCUT2D eigenvalue weighted by molar-refractivity contribution is 5.98. The number of anilines is 2. The van der Waals surface area contributed by atoms with Crippen molar-refractivity contribution in [1.82, 2.24) is 39.8 Å². The number of benzene rings is 2. The molecule has 2 aromatic carbocycles. The number of carbonyl (C=O) groups is 3. The Hall–Kier alpha value is -5.47. The minimum Gasteiger partial charge on any atom is -0.444 e. The number of morpholine rings is 2. The second-order valence-electron chi connectivity index (χ2n) is 26.1. The van der Waals surface area contributed by atoms with E-state index in [1.54, 1.807) is 24.3 Å². The Morgan fingerprint density at radius 1 is 0.634 bits per heavy atom. The van der Waals surface area contributed by atoms with Gasteiger partial charge >= 0.3 is 6.09 Å². The molecule has 82 heavy (non-hydrogen) atoms. The molecule has 8 heterocycles. The highest BCUT2D eigenvalue weighted by atomic mass is 19.1. The van der Waals surface area contributed by atoms with E-state index in [2.05, 4.69) is 85.5 Å². The lowest BCUT2D eigenvalue weighted by Crippen LogP contribution is -2.64. The number of aromatic nitrogens is 2. The summed E-state index contributed by atoms with van der Waals surface area (Å²) in [6, 6.07) is 18.3. The summed E-state index contributed by atoms with van der Waals surface area (Å²) in [5.74, 6) is -0.350. The highest BCUT2D eigenvalue weighted by Crippen LogP contribution is 2.41. The number of fused-ring (bicyclic) bond motifs is 2. The number of nitrogens with zero attached hydrogens (tertiary/aromatic N) is 9. The molecule has 0 spiro atoms. The summed E-state index contributed by atoms with van der Waals surface area (Å²) in [5, 5.41) is 3.61. The fraction of sp³-hybridized carbons (Fsp3) is 0.609. The average molecular weight is 1140 g/mol. The van der Waals surface area contributed by atoms with Crippen molar-refractivity contribution in [2.75, 3.05) is 115 Å².